The van der Waals surface area contributed by atoms with Crippen molar-refractivity contribution in [2.24, 2.45) is 0 Å². The van der Waals surface area contributed by atoms with E-state index in [0.717, 1.165) is 0 Å². The van der Waals surface area contributed by atoms with E-state index in [1.54, 1.807) is 29.2 Å². The number of ether oxygens (including phenoxy) is 1. The summed E-state index contributed by atoms with van der Waals surface area (Å²) in [6.45, 7) is 2.32. The van der Waals surface area contributed by atoms with Crippen LogP contribution in [-0.4, -0.2) is 40.5 Å². The van der Waals surface area contributed by atoms with E-state index in [1.807, 2.05) is 6.92 Å². The number of hydrogen-bond acceptors (Lipinski definition) is 5. The molecule has 1 N–H and O–H groups in total. The fourth-order valence-corrected chi connectivity index (χ4v) is 4.27. The predicted molar refractivity (Wildman–Crippen MR) is 93.1 cm³/mol. The molecule has 1 aliphatic heterocycles. The highest BCUT2D eigenvalue weighted by Gasteiger charge is 2.31. The van der Waals surface area contributed by atoms with E-state index >= 15 is 0 Å². The van der Waals surface area contributed by atoms with E-state index in [1.165, 1.54) is 13.2 Å². The maximum absolute atomic E-state index is 12.6. The van der Waals surface area contributed by atoms with Crippen molar-refractivity contribution in [2.45, 2.75) is 18.2 Å². The van der Waals surface area contributed by atoms with Gasteiger partial charge in [0.25, 0.3) is 5.91 Å². The van der Waals surface area contributed by atoms with E-state index < -0.39 is 16.0 Å². The number of carbonyl (C=O) groups excluding carboxylic acids is 2. The third-order valence-electron chi connectivity index (χ3n) is 4.20. The van der Waals surface area contributed by atoms with Crippen LogP contribution in [0.25, 0.3) is 10.8 Å². The largest absolute Gasteiger partial charge is 0.469 e. The van der Waals surface area contributed by atoms with Gasteiger partial charge < -0.3 is 9.64 Å². The highest BCUT2D eigenvalue weighted by molar-refractivity contribution is 7.89. The molecule has 3 rings (SSSR count). The van der Waals surface area contributed by atoms with Gasteiger partial charge in [-0.05, 0) is 25.1 Å². The average Bonchev–Trinajstić information content (AvgIpc) is 2.88. The first-order valence-corrected chi connectivity index (χ1v) is 9.33. The lowest BCUT2D eigenvalue weighted by atomic mass is 10.1. The van der Waals surface area contributed by atoms with Gasteiger partial charge in [-0.25, -0.2) is 13.1 Å². The third kappa shape index (κ3) is 2.87. The summed E-state index contributed by atoms with van der Waals surface area (Å²) < 4.78 is 32.2. The molecule has 132 valence electrons. The van der Waals surface area contributed by atoms with Gasteiger partial charge in [0.1, 0.15) is 0 Å². The van der Waals surface area contributed by atoms with Crippen LogP contribution >= 0.6 is 0 Å². The van der Waals surface area contributed by atoms with Gasteiger partial charge in [0.2, 0.25) is 10.0 Å². The highest BCUT2D eigenvalue weighted by Crippen LogP contribution is 2.39. The van der Waals surface area contributed by atoms with Crippen LogP contribution in [0.3, 0.4) is 0 Å². The number of anilines is 1. The molecule has 25 heavy (non-hydrogen) atoms. The smallest absolute Gasteiger partial charge is 0.306 e. The van der Waals surface area contributed by atoms with Gasteiger partial charge in [0.05, 0.1) is 24.1 Å². The van der Waals surface area contributed by atoms with Gasteiger partial charge in [0, 0.05) is 29.4 Å². The van der Waals surface area contributed by atoms with Crippen molar-refractivity contribution < 1.29 is 22.7 Å². The number of sulfonamides is 1. The summed E-state index contributed by atoms with van der Waals surface area (Å²) in [4.78, 5) is 25.3. The van der Waals surface area contributed by atoms with E-state index in [2.05, 4.69) is 9.46 Å². The van der Waals surface area contributed by atoms with Crippen molar-refractivity contribution in [2.75, 3.05) is 25.1 Å². The molecule has 8 heteroatoms. The van der Waals surface area contributed by atoms with Crippen LogP contribution in [0.4, 0.5) is 5.69 Å². The minimum atomic E-state index is -3.83. The summed E-state index contributed by atoms with van der Waals surface area (Å²) >= 11 is 0. The van der Waals surface area contributed by atoms with Crippen LogP contribution in [0.5, 0.6) is 0 Å². The Morgan fingerprint density at radius 2 is 2.00 bits per heavy atom. The molecular formula is C17H18N2O5S. The first kappa shape index (κ1) is 17.4. The summed E-state index contributed by atoms with van der Waals surface area (Å²) in [5, 5.41) is 1.13. The second-order valence-corrected chi connectivity index (χ2v) is 7.32. The van der Waals surface area contributed by atoms with Gasteiger partial charge in [-0.3, -0.25) is 9.59 Å². The number of hydrogen-bond donors (Lipinski definition) is 1. The lowest BCUT2D eigenvalue weighted by molar-refractivity contribution is -0.140. The standard InChI is InChI=1S/C17H18N2O5S/c1-3-19-13-7-8-14(25(22,23)18-10-9-15(20)24-2)11-5-4-6-12(16(11)13)17(19)21/h4-8,18H,3,9-10H2,1-2H3. The van der Waals surface area contributed by atoms with Crippen molar-refractivity contribution >= 4 is 38.4 Å². The van der Waals surface area contributed by atoms with Crippen molar-refractivity contribution in [1.29, 1.82) is 0 Å². The molecule has 1 aliphatic rings. The van der Waals surface area contributed by atoms with Crippen LogP contribution in [-0.2, 0) is 19.6 Å². The monoisotopic (exact) mass is 362 g/mol. The lowest BCUT2D eigenvalue weighted by Crippen LogP contribution is -2.27. The molecule has 1 heterocycles. The normalized spacial score (nSPS) is 13.5. The van der Waals surface area contributed by atoms with Gasteiger partial charge in [-0.15, -0.1) is 0 Å². The number of rotatable bonds is 6. The molecule has 0 fully saturated rings. The Bertz CT molecular complexity index is 968. The van der Waals surface area contributed by atoms with Gasteiger partial charge in [-0.2, -0.15) is 0 Å². The lowest BCUT2D eigenvalue weighted by Gasteiger charge is -2.15. The molecule has 2 aromatic rings. The predicted octanol–water partition coefficient (Wildman–Crippen LogP) is 1.66. The number of nitrogens with zero attached hydrogens (tertiary/aromatic N) is 1. The number of amides is 1. The number of methoxy groups -OCH3 is 1. The minimum absolute atomic E-state index is 0.0565. The van der Waals surface area contributed by atoms with E-state index in [9.17, 15) is 18.0 Å². The maximum atomic E-state index is 12.6. The zero-order chi connectivity index (χ0) is 18.2. The second-order valence-electron chi connectivity index (χ2n) is 5.58. The second kappa shape index (κ2) is 6.45. The van der Waals surface area contributed by atoms with Crippen LogP contribution in [0.2, 0.25) is 0 Å². The summed E-state index contributed by atoms with van der Waals surface area (Å²) in [5.41, 5.74) is 1.22. The highest BCUT2D eigenvalue weighted by atomic mass is 32.2. The summed E-state index contributed by atoms with van der Waals surface area (Å²) in [7, 11) is -2.58. The molecule has 0 aliphatic carbocycles. The fourth-order valence-electron chi connectivity index (χ4n) is 3.03. The molecule has 0 bridgehead atoms. The Kier molecular flexibility index (Phi) is 4.49. The Balaban J connectivity index is 2.04. The topological polar surface area (TPSA) is 92.8 Å². The van der Waals surface area contributed by atoms with E-state index in [0.29, 0.717) is 28.6 Å². The molecule has 0 aromatic heterocycles. The van der Waals surface area contributed by atoms with Crippen molar-refractivity contribution in [3.8, 4) is 0 Å². The number of nitrogens with one attached hydrogen (secondary N) is 1. The average molecular weight is 362 g/mol. The van der Waals surface area contributed by atoms with Gasteiger partial charge in [0.15, 0.2) is 0 Å². The van der Waals surface area contributed by atoms with Crippen LogP contribution in [0, 0.1) is 0 Å². The first-order valence-electron chi connectivity index (χ1n) is 7.84. The molecule has 0 spiro atoms. The van der Waals surface area contributed by atoms with Gasteiger partial charge in [-0.1, -0.05) is 12.1 Å². The van der Waals surface area contributed by atoms with Crippen molar-refractivity contribution in [1.82, 2.24) is 4.72 Å². The molecule has 0 saturated heterocycles. The molecule has 1 amide bonds. The molecule has 0 saturated carbocycles. The first-order chi connectivity index (χ1) is 11.9. The minimum Gasteiger partial charge on any atom is -0.469 e. The van der Waals surface area contributed by atoms with Gasteiger partial charge >= 0.3 is 5.97 Å². The summed E-state index contributed by atoms with van der Waals surface area (Å²) in [6.07, 6.45) is -0.0565. The molecule has 0 radical (unpaired) electrons. The quantitative estimate of drug-likeness (QED) is 0.789. The zero-order valence-electron chi connectivity index (χ0n) is 13.9. The Hall–Kier alpha value is -2.45. The Labute approximate surface area is 145 Å². The Morgan fingerprint density at radius 1 is 1.24 bits per heavy atom. The van der Waals surface area contributed by atoms with Crippen molar-refractivity contribution in [3.05, 3.63) is 35.9 Å². The fraction of sp³-hybridized carbons (Fsp3) is 0.294. The third-order valence-corrected chi connectivity index (χ3v) is 5.72. The van der Waals surface area contributed by atoms with Crippen LogP contribution in [0.1, 0.15) is 23.7 Å². The molecule has 0 atom stereocenters. The Morgan fingerprint density at radius 3 is 2.68 bits per heavy atom. The molecular weight excluding hydrogens is 344 g/mol. The van der Waals surface area contributed by atoms with E-state index in [-0.39, 0.29) is 23.8 Å². The van der Waals surface area contributed by atoms with E-state index in [4.69, 9.17) is 0 Å². The molecule has 0 unspecified atom stereocenters. The number of carbonyl (C=O) groups is 2. The van der Waals surface area contributed by atoms with Crippen molar-refractivity contribution in [3.63, 3.8) is 0 Å². The number of benzene rings is 2. The molecule has 7 nitrogen and oxygen atoms in total. The van der Waals surface area contributed by atoms with Crippen LogP contribution in [0.15, 0.2) is 35.2 Å². The summed E-state index contributed by atoms with van der Waals surface area (Å²) in [5.74, 6) is -0.622. The van der Waals surface area contributed by atoms with Crippen LogP contribution < -0.4 is 9.62 Å². The summed E-state index contributed by atoms with van der Waals surface area (Å²) in [6, 6.07) is 8.19. The SMILES string of the molecule is CCN1C(=O)c2cccc3c(S(=O)(=O)NCCC(=O)OC)ccc1c23. The zero-order valence-corrected chi connectivity index (χ0v) is 14.7. The maximum Gasteiger partial charge on any atom is 0.306 e. The molecule has 2 aromatic carbocycles. The number of esters is 1.